The van der Waals surface area contributed by atoms with E-state index in [4.69, 9.17) is 46.6 Å². The van der Waals surface area contributed by atoms with Crippen LogP contribution in [0.25, 0.3) is 0 Å². The third-order valence-electron chi connectivity index (χ3n) is 2.61. The maximum atomic E-state index is 9.65. The van der Waals surface area contributed by atoms with E-state index in [-0.39, 0.29) is 0 Å². The van der Waals surface area contributed by atoms with Crippen LogP contribution in [-0.2, 0) is 4.79 Å². The van der Waals surface area contributed by atoms with Crippen LogP contribution >= 0.6 is 0 Å². The lowest BCUT2D eigenvalue weighted by Crippen LogP contribution is -2.63. The van der Waals surface area contributed by atoms with Crippen LogP contribution in [0.3, 0.4) is 0 Å². The zero-order valence-electron chi connectivity index (χ0n) is 9.81. The molecule has 0 saturated heterocycles. The standard InChI is InChI=1S/C6H12O6.C3H7NO3/c7-1-2(8)4(10)6(12)5(11)3(1)9;4-2(1-5)3(6)7/h1-12H;2,5H,1,4H2,(H,6,7)/t1-,2-,3-,4+,5-,6-;2-/m.0/s1. The summed E-state index contributed by atoms with van der Waals surface area (Å²) in [6.07, 6.45) is -9.84. The van der Waals surface area contributed by atoms with E-state index in [2.05, 4.69) is 0 Å². The average Bonchev–Trinajstić information content (AvgIpc) is 2.40. The maximum absolute atomic E-state index is 9.65. The Morgan fingerprint density at radius 1 is 0.842 bits per heavy atom. The Kier molecular flexibility index (Phi) is 7.33. The van der Waals surface area contributed by atoms with Gasteiger partial charge in [-0.05, 0) is 0 Å². The van der Waals surface area contributed by atoms with E-state index in [1.54, 1.807) is 0 Å². The third-order valence-corrected chi connectivity index (χ3v) is 2.61. The first-order valence-electron chi connectivity index (χ1n) is 5.32. The van der Waals surface area contributed by atoms with Gasteiger partial charge in [0.1, 0.15) is 42.7 Å². The van der Waals surface area contributed by atoms with Gasteiger partial charge in [-0.3, -0.25) is 4.79 Å². The van der Waals surface area contributed by atoms with Gasteiger partial charge in [0.2, 0.25) is 0 Å². The molecule has 10 N–H and O–H groups in total. The normalized spacial score (nSPS) is 40.0. The Morgan fingerprint density at radius 2 is 1.05 bits per heavy atom. The monoisotopic (exact) mass is 285 g/mol. The smallest absolute Gasteiger partial charge is 0.322 e. The summed E-state index contributed by atoms with van der Waals surface area (Å²) in [7, 11) is 0. The molecule has 1 saturated carbocycles. The van der Waals surface area contributed by atoms with E-state index < -0.39 is 55.2 Å². The number of hydrogen-bond acceptors (Lipinski definition) is 9. The van der Waals surface area contributed by atoms with Crippen LogP contribution in [0.5, 0.6) is 0 Å². The Balaban J connectivity index is 0.000000399. The molecule has 0 radical (unpaired) electrons. The minimum atomic E-state index is -1.64. The number of carbonyl (C=O) groups is 1. The second kappa shape index (κ2) is 7.67. The van der Waals surface area contributed by atoms with Gasteiger partial charge in [-0.15, -0.1) is 0 Å². The summed E-state index contributed by atoms with van der Waals surface area (Å²) in [4.78, 5) is 9.65. The van der Waals surface area contributed by atoms with Crippen molar-refractivity contribution in [2.24, 2.45) is 5.73 Å². The van der Waals surface area contributed by atoms with Crippen LogP contribution in [0.15, 0.2) is 0 Å². The van der Waals surface area contributed by atoms with Gasteiger partial charge in [0.05, 0.1) is 6.61 Å². The fraction of sp³-hybridized carbons (Fsp3) is 0.889. The third kappa shape index (κ3) is 4.63. The number of carboxylic acid groups (broad SMARTS) is 1. The van der Waals surface area contributed by atoms with Crippen molar-refractivity contribution in [1.29, 1.82) is 0 Å². The molecule has 0 heterocycles. The van der Waals surface area contributed by atoms with Crippen LogP contribution in [-0.4, -0.2) is 96.1 Å². The van der Waals surface area contributed by atoms with Gasteiger partial charge in [0.25, 0.3) is 0 Å². The topological polar surface area (TPSA) is 205 Å². The minimum Gasteiger partial charge on any atom is -0.480 e. The van der Waals surface area contributed by atoms with E-state index in [0.717, 1.165) is 0 Å². The number of hydrogen-bond donors (Lipinski definition) is 9. The van der Waals surface area contributed by atoms with E-state index in [1.165, 1.54) is 0 Å². The first-order valence-corrected chi connectivity index (χ1v) is 5.32. The Bertz CT molecular complexity index is 230. The van der Waals surface area contributed by atoms with Crippen LogP contribution in [0.2, 0.25) is 0 Å². The molecular weight excluding hydrogens is 266 g/mol. The summed E-state index contributed by atoms with van der Waals surface area (Å²) in [6, 6.07) is -1.13. The molecule has 1 fully saturated rings. The Labute approximate surface area is 108 Å². The van der Waals surface area contributed by atoms with Gasteiger partial charge in [-0.1, -0.05) is 0 Å². The molecular formula is C9H19NO9. The highest BCUT2D eigenvalue weighted by Gasteiger charge is 2.47. The molecule has 0 bridgehead atoms. The van der Waals surface area contributed by atoms with E-state index in [1.807, 2.05) is 0 Å². The maximum Gasteiger partial charge on any atom is 0.322 e. The lowest BCUT2D eigenvalue weighted by molar-refractivity contribution is -0.223. The SMILES string of the molecule is N[C@@H](CO)C(=O)O.O[C@H]1[C@H](O)[C@@H](O)[C@H](O)[C@@H](O)[C@H]1O. The van der Waals surface area contributed by atoms with E-state index in [9.17, 15) is 4.79 Å². The summed E-state index contributed by atoms with van der Waals surface area (Å²) in [6.45, 7) is -0.505. The molecule has 1 aliphatic rings. The molecule has 0 amide bonds. The summed E-state index contributed by atoms with van der Waals surface area (Å²) in [5, 5.41) is 69.7. The minimum absolute atomic E-state index is 0.505. The number of aliphatic hydroxyl groups is 7. The summed E-state index contributed by atoms with van der Waals surface area (Å²) >= 11 is 0. The molecule has 1 rings (SSSR count). The van der Waals surface area contributed by atoms with Crippen molar-refractivity contribution < 1.29 is 45.6 Å². The van der Waals surface area contributed by atoms with Gasteiger partial charge in [0, 0.05) is 0 Å². The van der Waals surface area contributed by atoms with Crippen molar-refractivity contribution >= 4 is 5.97 Å². The molecule has 0 aromatic rings. The lowest BCUT2D eigenvalue weighted by Gasteiger charge is -2.39. The van der Waals surface area contributed by atoms with Crippen molar-refractivity contribution in [2.45, 2.75) is 42.7 Å². The first-order chi connectivity index (χ1) is 8.64. The Hall–Kier alpha value is -0.850. The molecule has 0 aliphatic heterocycles. The molecule has 0 aromatic heterocycles. The predicted molar refractivity (Wildman–Crippen MR) is 58.7 cm³/mol. The summed E-state index contributed by atoms with van der Waals surface area (Å²) in [5.74, 6) is -1.18. The largest absolute Gasteiger partial charge is 0.480 e. The average molecular weight is 285 g/mol. The second-order valence-corrected chi connectivity index (χ2v) is 4.07. The zero-order valence-corrected chi connectivity index (χ0v) is 9.81. The van der Waals surface area contributed by atoms with Gasteiger partial charge in [-0.25, -0.2) is 0 Å². The van der Waals surface area contributed by atoms with Gasteiger partial charge >= 0.3 is 5.97 Å². The zero-order chi connectivity index (χ0) is 15.3. The highest BCUT2D eigenvalue weighted by atomic mass is 16.4. The van der Waals surface area contributed by atoms with Crippen LogP contribution in [0, 0.1) is 0 Å². The van der Waals surface area contributed by atoms with Crippen LogP contribution in [0.1, 0.15) is 0 Å². The highest BCUT2D eigenvalue weighted by molar-refractivity contribution is 5.73. The fourth-order valence-electron chi connectivity index (χ4n) is 1.29. The molecule has 19 heavy (non-hydrogen) atoms. The number of carboxylic acids is 1. The molecule has 0 unspecified atom stereocenters. The van der Waals surface area contributed by atoms with Crippen molar-refractivity contribution in [2.75, 3.05) is 6.61 Å². The molecule has 114 valence electrons. The van der Waals surface area contributed by atoms with Crippen molar-refractivity contribution in [1.82, 2.24) is 0 Å². The van der Waals surface area contributed by atoms with E-state index in [0.29, 0.717) is 0 Å². The predicted octanol–water partition coefficient (Wildman–Crippen LogP) is -5.44. The van der Waals surface area contributed by atoms with Crippen molar-refractivity contribution in [3.63, 3.8) is 0 Å². The fourth-order valence-corrected chi connectivity index (χ4v) is 1.29. The van der Waals surface area contributed by atoms with Gasteiger partial charge in [-0.2, -0.15) is 0 Å². The molecule has 10 nitrogen and oxygen atoms in total. The summed E-state index contributed by atoms with van der Waals surface area (Å²) in [5.41, 5.74) is 4.77. The number of nitrogens with two attached hydrogens (primary N) is 1. The molecule has 1 atom stereocenters. The van der Waals surface area contributed by atoms with Gasteiger partial charge in [0.15, 0.2) is 0 Å². The highest BCUT2D eigenvalue weighted by Crippen LogP contribution is 2.20. The van der Waals surface area contributed by atoms with Crippen LogP contribution < -0.4 is 5.73 Å². The van der Waals surface area contributed by atoms with Gasteiger partial charge < -0.3 is 46.6 Å². The number of rotatable bonds is 2. The summed E-state index contributed by atoms with van der Waals surface area (Å²) < 4.78 is 0. The van der Waals surface area contributed by atoms with E-state index >= 15 is 0 Å². The quantitative estimate of drug-likeness (QED) is 0.235. The molecule has 10 heteroatoms. The van der Waals surface area contributed by atoms with Crippen molar-refractivity contribution in [3.05, 3.63) is 0 Å². The first kappa shape index (κ1) is 18.1. The van der Waals surface area contributed by atoms with Crippen molar-refractivity contribution in [3.8, 4) is 0 Å². The molecule has 0 spiro atoms. The number of aliphatic carboxylic acids is 1. The molecule has 1 aliphatic carbocycles. The van der Waals surface area contributed by atoms with Crippen LogP contribution in [0.4, 0.5) is 0 Å². The lowest BCUT2D eigenvalue weighted by atomic mass is 9.85. The Morgan fingerprint density at radius 3 is 1.11 bits per heavy atom. The molecule has 0 aromatic carbocycles. The second-order valence-electron chi connectivity index (χ2n) is 4.07. The number of aliphatic hydroxyl groups excluding tert-OH is 7.